The fourth-order valence-electron chi connectivity index (χ4n) is 15.9. The van der Waals surface area contributed by atoms with Crippen molar-refractivity contribution in [2.75, 3.05) is 31.1 Å². The van der Waals surface area contributed by atoms with Gasteiger partial charge in [0.1, 0.15) is 34.5 Å². The molecule has 105 heavy (non-hydrogen) atoms. The van der Waals surface area contributed by atoms with Crippen LogP contribution in [0, 0.1) is 47.3 Å². The Morgan fingerprint density at radius 3 is 0.867 bits per heavy atom. The summed E-state index contributed by atoms with van der Waals surface area (Å²) in [6.07, 6.45) is -3.93. The van der Waals surface area contributed by atoms with Gasteiger partial charge in [-0.3, -0.25) is 38.4 Å². The number of alkyl halides is 6. The normalized spacial score (nSPS) is 20.9. The molecule has 8 amide bonds. The van der Waals surface area contributed by atoms with Gasteiger partial charge in [0.05, 0.1) is 57.8 Å². The molecule has 2 saturated carbocycles. The molecule has 0 spiro atoms. The summed E-state index contributed by atoms with van der Waals surface area (Å²) >= 11 is 0. The average Bonchev–Trinajstić information content (AvgIpc) is 1.69. The zero-order chi connectivity index (χ0) is 75.0. The van der Waals surface area contributed by atoms with Crippen LogP contribution in [0.2, 0.25) is 0 Å². The van der Waals surface area contributed by atoms with Gasteiger partial charge >= 0.3 is 12.4 Å². The number of halogens is 6. The molecule has 26 heteroatoms. The summed E-state index contributed by atoms with van der Waals surface area (Å²) in [7, 11) is 0. The van der Waals surface area contributed by atoms with Crippen LogP contribution in [0.1, 0.15) is 115 Å². The minimum Gasteiger partial charge on any atom is -0.506 e. The van der Waals surface area contributed by atoms with E-state index < -0.39 is 139 Å². The van der Waals surface area contributed by atoms with Crippen molar-refractivity contribution in [2.24, 2.45) is 47.3 Å². The largest absolute Gasteiger partial charge is 0.506 e. The number of anilines is 6. The van der Waals surface area contributed by atoms with E-state index in [1.807, 2.05) is 26.0 Å². The van der Waals surface area contributed by atoms with Gasteiger partial charge in [0.2, 0.25) is 29.0 Å². The molecule has 8 atom stereocenters. The molecule has 8 aromatic carbocycles. The lowest BCUT2D eigenvalue weighted by atomic mass is 9.72. The third-order valence-electron chi connectivity index (χ3n) is 21.7. The van der Waals surface area contributed by atoms with Crippen molar-refractivity contribution in [1.29, 1.82) is 0 Å². The predicted octanol–water partition coefficient (Wildman–Crippen LogP) is 13.6. The first-order valence-electron chi connectivity index (χ1n) is 33.3. The van der Waals surface area contributed by atoms with Gasteiger partial charge in [0, 0.05) is 33.1 Å². The highest BCUT2D eigenvalue weighted by Crippen LogP contribution is 2.60. The van der Waals surface area contributed by atoms with Crippen LogP contribution < -0.4 is 31.1 Å². The smallest absolute Gasteiger partial charge is 0.411 e. The van der Waals surface area contributed by atoms with E-state index in [0.29, 0.717) is 57.8 Å². The number of fused-ring (bicyclic) bond motifs is 10. The van der Waals surface area contributed by atoms with Crippen LogP contribution in [0.25, 0.3) is 0 Å². The molecule has 4 fully saturated rings. The van der Waals surface area contributed by atoms with Gasteiger partial charge in [-0.2, -0.15) is 26.3 Å². The predicted molar refractivity (Wildman–Crippen MR) is 371 cm³/mol. The number of hydrogen-bond donors (Lipinski definition) is 10. The number of aromatic hydroxyl groups is 6. The number of phenolic OH excluding ortho intramolecular Hbond substituents is 6. The Hall–Kier alpha value is -12.2. The van der Waals surface area contributed by atoms with E-state index in [1.165, 1.54) is 78.9 Å². The molecule has 2 aliphatic heterocycles. The van der Waals surface area contributed by atoms with Gasteiger partial charge < -0.3 is 51.9 Å². The highest BCUT2D eigenvalue weighted by Gasteiger charge is 2.73. The second kappa shape index (κ2) is 25.0. The molecular weight excluding hydrogens is 1370 g/mol. The highest BCUT2D eigenvalue weighted by atomic mass is 19.4. The topological polar surface area (TPSA) is 313 Å². The quantitative estimate of drug-likeness (QED) is 0.0186. The Labute approximate surface area is 593 Å². The summed E-state index contributed by atoms with van der Waals surface area (Å²) in [5, 5.41) is 76.0. The summed E-state index contributed by atoms with van der Waals surface area (Å²) < 4.78 is 93.8. The van der Waals surface area contributed by atoms with E-state index in [2.05, 4.69) is 21.3 Å². The third kappa shape index (κ3) is 11.5. The standard InChI is InChI=1S/C79H64F6N6O14/c1-75(2,45-15-21-57(92)51(31-45)86-67(98)41-7-5-8-42(29-41)69(100)88-53-33-47(17-23-59(53)94)76(3,4)48-18-25-61(96)55(35-48)90-71(102)63-37-11-12-38(27-37)64(63)72(90)103)46-16-22-58(93)52(32-46)87-68(99)43-9-6-10-44(30-43)70(101)89-54-34-49(19-24-60(54)95)77(78(80,81)82,79(83,84)85)50-20-26-62(97)56(36-50)91-73(104)65-39-13-14-40(28-39)66(65)74(91)105/h5-26,29-40,63-66,92-97H,27-28H2,1-4H3,(H,86,98)(H,87,99)(H,88,100)(H,89,101). The molecule has 2 saturated heterocycles. The van der Waals surface area contributed by atoms with Crippen LogP contribution in [0.5, 0.6) is 34.5 Å². The minimum absolute atomic E-state index is 0.00159. The van der Waals surface area contributed by atoms with Crippen LogP contribution in [-0.4, -0.2) is 90.2 Å². The van der Waals surface area contributed by atoms with Crippen molar-refractivity contribution in [3.8, 4) is 34.5 Å². The molecule has 8 unspecified atom stereocenters. The van der Waals surface area contributed by atoms with Gasteiger partial charge in [-0.1, -0.05) is 101 Å². The van der Waals surface area contributed by atoms with Crippen LogP contribution in [0.15, 0.2) is 182 Å². The molecule has 536 valence electrons. The first-order chi connectivity index (χ1) is 49.6. The number of hydrogen-bond acceptors (Lipinski definition) is 14. The molecule has 8 aromatic rings. The number of carbonyl (C=O) groups excluding carboxylic acids is 8. The number of rotatable bonds is 16. The summed E-state index contributed by atoms with van der Waals surface area (Å²) in [4.78, 5) is 112. The summed E-state index contributed by atoms with van der Waals surface area (Å²) in [5.41, 5.74) is -10.6. The SMILES string of the molecule is CC(C)(c1ccc(O)c(NC(=O)c2cccc(C(=O)Nc3cc(C(C)(C)c4ccc(O)c(N5C(=O)C6C7C=CC(C7)C6C5=O)c4)ccc3O)c2)c1)c1ccc(O)c(NC(=O)c2cccc(C(=O)Nc3cc(C(c4ccc(O)c(N5C(=O)C6C7C=CC(C7)C6C5=O)c4)(C(F)(F)F)C(F)(F)F)ccc3O)c2)c1. The number of nitrogens with zero attached hydrogens (tertiary/aromatic N) is 2. The van der Waals surface area contributed by atoms with E-state index >= 15 is 26.3 Å². The van der Waals surface area contributed by atoms with Crippen molar-refractivity contribution >= 4 is 81.4 Å². The number of imide groups is 2. The van der Waals surface area contributed by atoms with E-state index in [-0.39, 0.29) is 98.0 Å². The molecule has 0 radical (unpaired) electrons. The second-order valence-corrected chi connectivity index (χ2v) is 28.3. The Balaban J connectivity index is 0.644. The van der Waals surface area contributed by atoms with Crippen molar-refractivity contribution in [3.05, 3.63) is 238 Å². The Kier molecular flexibility index (Phi) is 16.7. The number of amides is 8. The van der Waals surface area contributed by atoms with E-state index in [0.717, 1.165) is 23.5 Å². The molecule has 6 aliphatic rings. The molecule has 4 bridgehead atoms. The number of carbonyl (C=O) groups is 8. The molecule has 4 aliphatic carbocycles. The number of nitrogens with one attached hydrogen (secondary N) is 4. The van der Waals surface area contributed by atoms with Crippen LogP contribution in [0.3, 0.4) is 0 Å². The Morgan fingerprint density at radius 1 is 0.343 bits per heavy atom. The van der Waals surface area contributed by atoms with Gasteiger partial charge in [-0.15, -0.1) is 0 Å². The minimum atomic E-state index is -6.26. The van der Waals surface area contributed by atoms with E-state index in [9.17, 15) is 69.0 Å². The molecular formula is C79H64F6N6O14. The van der Waals surface area contributed by atoms with Crippen LogP contribution in [0.4, 0.5) is 60.5 Å². The maximum absolute atomic E-state index is 15.6. The van der Waals surface area contributed by atoms with E-state index in [1.54, 1.807) is 56.3 Å². The first kappa shape index (κ1) is 69.8. The van der Waals surface area contributed by atoms with E-state index in [4.69, 9.17) is 0 Å². The maximum Gasteiger partial charge on any atom is 0.411 e. The summed E-state index contributed by atoms with van der Waals surface area (Å²) in [6, 6.07) is 30.3. The van der Waals surface area contributed by atoms with Crippen molar-refractivity contribution in [1.82, 2.24) is 0 Å². The number of allylic oxidation sites excluding steroid dienone is 4. The van der Waals surface area contributed by atoms with Crippen LogP contribution >= 0.6 is 0 Å². The molecule has 10 N–H and O–H groups in total. The van der Waals surface area contributed by atoms with Crippen molar-refractivity contribution in [2.45, 2.75) is 69.1 Å². The molecule has 14 rings (SSSR count). The van der Waals surface area contributed by atoms with Crippen molar-refractivity contribution in [3.63, 3.8) is 0 Å². The lowest BCUT2D eigenvalue weighted by Gasteiger charge is -2.39. The number of phenols is 6. The molecule has 2 heterocycles. The fourth-order valence-corrected chi connectivity index (χ4v) is 15.9. The molecule has 20 nitrogen and oxygen atoms in total. The molecule has 0 aromatic heterocycles. The zero-order valence-electron chi connectivity index (χ0n) is 56.0. The third-order valence-corrected chi connectivity index (χ3v) is 21.7. The lowest BCUT2D eigenvalue weighted by Crippen LogP contribution is -2.54. The summed E-state index contributed by atoms with van der Waals surface area (Å²) in [6.45, 7) is 7.22. The second-order valence-electron chi connectivity index (χ2n) is 28.3. The van der Waals surface area contributed by atoms with Gasteiger partial charge in [0.25, 0.3) is 23.6 Å². The highest BCUT2D eigenvalue weighted by molar-refractivity contribution is 6.24. The van der Waals surface area contributed by atoms with Gasteiger partial charge in [0.15, 0.2) is 0 Å². The fraction of sp³-hybridized carbons (Fsp3) is 0.241. The summed E-state index contributed by atoms with van der Waals surface area (Å²) in [5.74, 6) is -13.1. The average molecular weight is 1440 g/mol. The zero-order valence-corrected chi connectivity index (χ0v) is 56.0. The van der Waals surface area contributed by atoms with Crippen molar-refractivity contribution < 1.29 is 95.3 Å². The lowest BCUT2D eigenvalue weighted by molar-refractivity contribution is -0.288. The van der Waals surface area contributed by atoms with Gasteiger partial charge in [-0.05, 0) is 179 Å². The Morgan fingerprint density at radius 2 is 0.581 bits per heavy atom. The van der Waals surface area contributed by atoms with Gasteiger partial charge in [-0.25, -0.2) is 9.80 Å². The maximum atomic E-state index is 15.6. The monoisotopic (exact) mass is 1430 g/mol. The Bertz CT molecular complexity index is 5090. The first-order valence-corrected chi connectivity index (χ1v) is 33.3. The number of benzene rings is 8. The van der Waals surface area contributed by atoms with Crippen LogP contribution in [-0.2, 0) is 35.4 Å².